The lowest BCUT2D eigenvalue weighted by Gasteiger charge is -2.36. The fourth-order valence-electron chi connectivity index (χ4n) is 5.95. The van der Waals surface area contributed by atoms with Gasteiger partial charge in [0.05, 0.1) is 10.7 Å². The van der Waals surface area contributed by atoms with E-state index in [0.29, 0.717) is 0 Å². The molecular weight excluding hydrogens is 399 g/mol. The Kier molecular flexibility index (Phi) is 3.98. The number of ketones is 1. The quantitative estimate of drug-likeness (QED) is 0.483. The van der Waals surface area contributed by atoms with Crippen LogP contribution in [-0.4, -0.2) is 12.9 Å². The fourth-order valence-corrected chi connectivity index (χ4v) is 6.80. The van der Waals surface area contributed by atoms with Crippen molar-refractivity contribution in [3.05, 3.63) is 26.8 Å². The van der Waals surface area contributed by atoms with E-state index >= 15 is 0 Å². The second-order valence-electron chi connectivity index (χ2n) is 7.98. The van der Waals surface area contributed by atoms with Crippen LogP contribution in [0.25, 0.3) is 0 Å². The largest absolute Gasteiger partial charge is 0.495 e. The molecule has 0 N–H and O–H groups in total. The monoisotopic (exact) mass is 424 g/mol. The molecule has 0 spiro atoms. The molecule has 0 saturated heterocycles. The Balaban J connectivity index is 1.90. The van der Waals surface area contributed by atoms with Gasteiger partial charge in [-0.15, -0.1) is 0 Å². The lowest BCUT2D eigenvalue weighted by Crippen LogP contribution is -2.31. The second kappa shape index (κ2) is 5.75. The number of benzene rings is 1. The number of halogens is 1. The molecule has 2 nitrogen and oxygen atoms in total. The van der Waals surface area contributed by atoms with Crippen LogP contribution in [0.5, 0.6) is 5.75 Å². The standard InChI is InChI=1S/C20H25IO2/c1-12(22)15-9-17(19(23-2)18(21)10-15)20-5-3-4-13-6-14(11-20)8-16(20)7-13/h9-10,13-14,16H,3-8,11H2,1-2H3. The molecule has 3 aliphatic rings. The highest BCUT2D eigenvalue weighted by Gasteiger charge is 2.54. The molecule has 0 heterocycles. The molecule has 4 unspecified atom stereocenters. The number of hydrogen-bond donors (Lipinski definition) is 0. The summed E-state index contributed by atoms with van der Waals surface area (Å²) in [5, 5.41) is 0. The van der Waals surface area contributed by atoms with Crippen molar-refractivity contribution in [3.8, 4) is 5.75 Å². The van der Waals surface area contributed by atoms with Crippen molar-refractivity contribution in [1.29, 1.82) is 0 Å². The summed E-state index contributed by atoms with van der Waals surface area (Å²) in [4.78, 5) is 12.0. The maximum Gasteiger partial charge on any atom is 0.159 e. The van der Waals surface area contributed by atoms with Crippen molar-refractivity contribution in [3.63, 3.8) is 0 Å². The molecule has 0 amide bonds. The fraction of sp³-hybridized carbons (Fsp3) is 0.650. The third-order valence-corrected chi connectivity index (χ3v) is 7.56. The normalized spacial score (nSPS) is 35.2. The van der Waals surface area contributed by atoms with E-state index in [4.69, 9.17) is 4.74 Å². The first kappa shape index (κ1) is 15.9. The molecule has 3 fully saturated rings. The molecule has 3 heteroatoms. The Hall–Kier alpha value is -0.580. The van der Waals surface area contributed by atoms with Crippen LogP contribution in [-0.2, 0) is 5.41 Å². The van der Waals surface area contributed by atoms with Crippen LogP contribution in [0.1, 0.15) is 67.8 Å². The number of fused-ring (bicyclic) bond motifs is 2. The van der Waals surface area contributed by atoms with Crippen LogP contribution in [0.2, 0.25) is 0 Å². The van der Waals surface area contributed by atoms with Crippen molar-refractivity contribution >= 4 is 28.4 Å². The lowest BCUT2D eigenvalue weighted by molar-refractivity contribution is 0.101. The van der Waals surface area contributed by atoms with E-state index in [2.05, 4.69) is 28.7 Å². The first-order valence-electron chi connectivity index (χ1n) is 8.92. The Morgan fingerprint density at radius 3 is 2.78 bits per heavy atom. The van der Waals surface area contributed by atoms with Gasteiger partial charge in [-0.05, 0) is 91.5 Å². The van der Waals surface area contributed by atoms with Crippen LogP contribution >= 0.6 is 22.6 Å². The Bertz CT molecular complexity index is 653. The summed E-state index contributed by atoms with van der Waals surface area (Å²) < 4.78 is 6.93. The predicted molar refractivity (Wildman–Crippen MR) is 100 cm³/mol. The van der Waals surface area contributed by atoms with E-state index < -0.39 is 0 Å². The van der Waals surface area contributed by atoms with Gasteiger partial charge >= 0.3 is 0 Å². The van der Waals surface area contributed by atoms with Crippen LogP contribution in [0.3, 0.4) is 0 Å². The minimum atomic E-state index is 0.163. The van der Waals surface area contributed by atoms with Crippen molar-refractivity contribution in [2.45, 2.75) is 57.3 Å². The zero-order chi connectivity index (χ0) is 16.2. The molecule has 23 heavy (non-hydrogen) atoms. The average molecular weight is 424 g/mol. The summed E-state index contributed by atoms with van der Waals surface area (Å²) in [6, 6.07) is 4.16. The van der Waals surface area contributed by atoms with Crippen molar-refractivity contribution in [1.82, 2.24) is 0 Å². The van der Waals surface area contributed by atoms with Gasteiger partial charge in [-0.1, -0.05) is 12.8 Å². The molecule has 124 valence electrons. The molecule has 4 atom stereocenters. The molecule has 3 saturated carbocycles. The van der Waals surface area contributed by atoms with Crippen LogP contribution in [0.15, 0.2) is 12.1 Å². The van der Waals surface area contributed by atoms with Crippen molar-refractivity contribution in [2.75, 3.05) is 7.11 Å². The zero-order valence-corrected chi connectivity index (χ0v) is 16.2. The van der Waals surface area contributed by atoms with Crippen LogP contribution in [0.4, 0.5) is 0 Å². The maximum atomic E-state index is 12.0. The lowest BCUT2D eigenvalue weighted by atomic mass is 9.68. The second-order valence-corrected chi connectivity index (χ2v) is 9.15. The Morgan fingerprint density at radius 2 is 2.04 bits per heavy atom. The highest BCUT2D eigenvalue weighted by molar-refractivity contribution is 14.1. The zero-order valence-electron chi connectivity index (χ0n) is 14.0. The summed E-state index contributed by atoms with van der Waals surface area (Å²) in [6.07, 6.45) is 9.53. The summed E-state index contributed by atoms with van der Waals surface area (Å²) >= 11 is 2.34. The van der Waals surface area contributed by atoms with E-state index in [1.54, 1.807) is 14.0 Å². The first-order chi connectivity index (χ1) is 11.0. The Morgan fingerprint density at radius 1 is 1.26 bits per heavy atom. The number of Topliss-reactive ketones (excluding diaryl/α,β-unsaturated/α-hetero) is 1. The molecule has 0 aliphatic heterocycles. The summed E-state index contributed by atoms with van der Waals surface area (Å²) in [5.41, 5.74) is 2.45. The molecule has 0 aromatic heterocycles. The number of ether oxygens (including phenoxy) is 1. The number of carbonyl (C=O) groups is 1. The third-order valence-electron chi connectivity index (χ3n) is 6.76. The minimum Gasteiger partial charge on any atom is -0.495 e. The highest BCUT2D eigenvalue weighted by Crippen LogP contribution is 2.62. The first-order valence-corrected chi connectivity index (χ1v) is 10.0. The summed E-state index contributed by atoms with van der Waals surface area (Å²) in [6.45, 7) is 1.68. The van der Waals surface area contributed by atoms with Crippen LogP contribution < -0.4 is 4.74 Å². The molecule has 0 radical (unpaired) electrons. The number of carbonyl (C=O) groups excluding carboxylic acids is 1. The van der Waals surface area contributed by atoms with Gasteiger partial charge in [-0.25, -0.2) is 0 Å². The van der Waals surface area contributed by atoms with Gasteiger partial charge in [0.2, 0.25) is 0 Å². The summed E-state index contributed by atoms with van der Waals surface area (Å²) in [7, 11) is 1.78. The highest BCUT2D eigenvalue weighted by atomic mass is 127. The number of rotatable bonds is 3. The minimum absolute atomic E-state index is 0.163. The van der Waals surface area contributed by atoms with E-state index in [1.165, 1.54) is 50.5 Å². The van der Waals surface area contributed by atoms with Gasteiger partial charge in [0.25, 0.3) is 0 Å². The SMILES string of the molecule is COc1c(I)cc(C(C)=O)cc1C12CCCC3CC(CC1C3)C2. The molecule has 3 bridgehead atoms. The van der Waals surface area contributed by atoms with Gasteiger partial charge in [-0.2, -0.15) is 0 Å². The molecule has 4 rings (SSSR count). The molecular formula is C20H25IO2. The smallest absolute Gasteiger partial charge is 0.159 e. The van der Waals surface area contributed by atoms with Gasteiger partial charge in [0, 0.05) is 16.5 Å². The van der Waals surface area contributed by atoms with Gasteiger partial charge in [0.15, 0.2) is 5.78 Å². The maximum absolute atomic E-state index is 12.0. The van der Waals surface area contributed by atoms with E-state index in [0.717, 1.165) is 32.6 Å². The van der Waals surface area contributed by atoms with Gasteiger partial charge < -0.3 is 4.74 Å². The average Bonchev–Trinajstić information content (AvgIpc) is 2.69. The molecule has 1 aromatic rings. The number of methoxy groups -OCH3 is 1. The van der Waals surface area contributed by atoms with E-state index in [1.807, 2.05) is 6.07 Å². The third kappa shape index (κ3) is 2.45. The topological polar surface area (TPSA) is 26.3 Å². The number of hydrogen-bond acceptors (Lipinski definition) is 2. The molecule has 1 aromatic carbocycles. The molecule has 3 aliphatic carbocycles. The van der Waals surface area contributed by atoms with Crippen molar-refractivity contribution in [2.24, 2.45) is 17.8 Å². The van der Waals surface area contributed by atoms with Gasteiger partial charge in [-0.3, -0.25) is 4.79 Å². The van der Waals surface area contributed by atoms with Crippen LogP contribution in [0, 0.1) is 21.3 Å². The predicted octanol–water partition coefficient (Wildman–Crippen LogP) is 5.36. The van der Waals surface area contributed by atoms with Crippen molar-refractivity contribution < 1.29 is 9.53 Å². The Labute approximate surface area is 152 Å². The van der Waals surface area contributed by atoms with Gasteiger partial charge in [0.1, 0.15) is 5.75 Å². The van der Waals surface area contributed by atoms with E-state index in [9.17, 15) is 4.79 Å². The summed E-state index contributed by atoms with van der Waals surface area (Å²) in [5.74, 6) is 3.82. The van der Waals surface area contributed by atoms with E-state index in [-0.39, 0.29) is 11.2 Å².